The molecular formula is C29H17F7O2S2. The number of carbonyl (C=O) groups excluding carboxylic acids is 1. The molecule has 2 aromatic heterocycles. The summed E-state index contributed by atoms with van der Waals surface area (Å²) in [6.45, 7) is 2.00. The van der Waals surface area contributed by atoms with E-state index >= 15 is 0 Å². The number of carbonyl (C=O) groups is 1. The number of aryl methyl sites for hydroxylation is 1. The number of aldehydes is 1. The van der Waals surface area contributed by atoms with E-state index in [2.05, 4.69) is 4.74 Å². The zero-order chi connectivity index (χ0) is 28.8. The molecule has 0 N–H and O–H groups in total. The van der Waals surface area contributed by atoms with Gasteiger partial charge in [-0.1, -0.05) is 25.5 Å². The molecule has 2 nitrogen and oxygen atoms in total. The van der Waals surface area contributed by atoms with Crippen molar-refractivity contribution in [3.8, 4) is 26.6 Å². The van der Waals surface area contributed by atoms with Crippen LogP contribution in [0.1, 0.15) is 34.8 Å². The summed E-state index contributed by atoms with van der Waals surface area (Å²) in [5.74, 6) is -7.66. The van der Waals surface area contributed by atoms with Crippen LogP contribution in [0.5, 0.6) is 5.75 Å². The Bertz CT molecular complexity index is 1680. The van der Waals surface area contributed by atoms with Crippen LogP contribution in [0.2, 0.25) is 0 Å². The molecule has 0 unspecified atom stereocenters. The van der Waals surface area contributed by atoms with E-state index in [4.69, 9.17) is 0 Å². The summed E-state index contributed by atoms with van der Waals surface area (Å²) in [5, 5.41) is 0. The summed E-state index contributed by atoms with van der Waals surface area (Å²) in [5.41, 5.74) is -1.45. The van der Waals surface area contributed by atoms with E-state index in [1.54, 1.807) is 18.2 Å². The third-order valence-corrected chi connectivity index (χ3v) is 8.45. The van der Waals surface area contributed by atoms with Crippen LogP contribution in [0.25, 0.3) is 30.3 Å². The highest BCUT2D eigenvalue weighted by Gasteiger charge is 2.41. The van der Waals surface area contributed by atoms with Crippen molar-refractivity contribution in [1.29, 1.82) is 0 Å². The summed E-state index contributed by atoms with van der Waals surface area (Å²) in [6.07, 6.45) is -3.14. The summed E-state index contributed by atoms with van der Waals surface area (Å²) in [7, 11) is 0. The molecule has 0 atom stereocenters. The van der Waals surface area contributed by atoms with Gasteiger partial charge in [0.15, 0.2) is 6.29 Å². The molecule has 2 heterocycles. The van der Waals surface area contributed by atoms with Gasteiger partial charge in [0.25, 0.3) is 0 Å². The second-order valence-corrected chi connectivity index (χ2v) is 11.0. The first-order valence-electron chi connectivity index (χ1n) is 11.8. The summed E-state index contributed by atoms with van der Waals surface area (Å²) < 4.78 is 107. The highest BCUT2D eigenvalue weighted by atomic mass is 32.1. The molecule has 40 heavy (non-hydrogen) atoms. The van der Waals surface area contributed by atoms with Crippen LogP contribution in [0.15, 0.2) is 54.6 Å². The number of alkyl halides is 2. The van der Waals surface area contributed by atoms with Crippen molar-refractivity contribution in [3.05, 3.63) is 100 Å². The van der Waals surface area contributed by atoms with Crippen molar-refractivity contribution in [3.63, 3.8) is 0 Å². The molecular weight excluding hydrogens is 577 g/mol. The molecule has 206 valence electrons. The van der Waals surface area contributed by atoms with Gasteiger partial charge >= 0.3 is 6.11 Å². The third kappa shape index (κ3) is 5.23. The van der Waals surface area contributed by atoms with E-state index < -0.39 is 46.3 Å². The highest BCUT2D eigenvalue weighted by Crippen LogP contribution is 2.44. The number of benzene rings is 3. The van der Waals surface area contributed by atoms with E-state index in [1.165, 1.54) is 17.4 Å². The lowest BCUT2D eigenvalue weighted by Crippen LogP contribution is -2.25. The molecule has 0 radical (unpaired) electrons. The first-order valence-corrected chi connectivity index (χ1v) is 13.5. The number of hydrogen-bond donors (Lipinski definition) is 0. The van der Waals surface area contributed by atoms with E-state index in [0.29, 0.717) is 49.0 Å². The Kier molecular flexibility index (Phi) is 7.45. The minimum absolute atomic E-state index is 0.0213. The van der Waals surface area contributed by atoms with Crippen LogP contribution in [0.3, 0.4) is 0 Å². The molecule has 0 aliphatic heterocycles. The zero-order valence-electron chi connectivity index (χ0n) is 20.5. The van der Waals surface area contributed by atoms with Crippen LogP contribution >= 0.6 is 22.7 Å². The Balaban J connectivity index is 1.43. The quantitative estimate of drug-likeness (QED) is 0.132. The fourth-order valence-corrected chi connectivity index (χ4v) is 6.65. The van der Waals surface area contributed by atoms with Crippen LogP contribution in [0, 0.1) is 29.1 Å². The van der Waals surface area contributed by atoms with Crippen molar-refractivity contribution < 1.29 is 40.3 Å². The summed E-state index contributed by atoms with van der Waals surface area (Å²) >= 11 is 2.43. The van der Waals surface area contributed by atoms with Gasteiger partial charge < -0.3 is 4.74 Å². The van der Waals surface area contributed by atoms with E-state index in [-0.39, 0.29) is 17.7 Å². The van der Waals surface area contributed by atoms with Crippen molar-refractivity contribution in [2.45, 2.75) is 25.9 Å². The highest BCUT2D eigenvalue weighted by molar-refractivity contribution is 7.31. The molecule has 0 spiro atoms. The van der Waals surface area contributed by atoms with Gasteiger partial charge in [-0.05, 0) is 47.9 Å². The average Bonchev–Trinajstić information content (AvgIpc) is 3.43. The second kappa shape index (κ2) is 10.7. The standard InChI is InChI=1S/C29H17F7O2S2/c1-2-3-14-4-5-17(19(30)6-14)25-12-27-26(40-25)11-24(39-27)15-7-22(33)28(23(34)8-15)29(35,36)38-16-9-20(31)18(13-37)21(32)10-16/h4-13H,2-3H2,1H3. The van der Waals surface area contributed by atoms with E-state index in [1.807, 2.05) is 13.0 Å². The second-order valence-electron chi connectivity index (χ2n) is 8.87. The molecule has 0 aliphatic carbocycles. The van der Waals surface area contributed by atoms with Crippen molar-refractivity contribution >= 4 is 38.4 Å². The Morgan fingerprint density at radius 2 is 1.38 bits per heavy atom. The predicted molar refractivity (Wildman–Crippen MR) is 141 cm³/mol. The number of hydrogen-bond acceptors (Lipinski definition) is 4. The summed E-state index contributed by atoms with van der Waals surface area (Å²) in [4.78, 5) is 11.7. The van der Waals surface area contributed by atoms with Crippen molar-refractivity contribution in [2.24, 2.45) is 0 Å². The first-order chi connectivity index (χ1) is 19.0. The van der Waals surface area contributed by atoms with Gasteiger partial charge in [0.1, 0.15) is 40.4 Å². The normalized spacial score (nSPS) is 11.8. The smallest absolute Gasteiger partial charge is 0.429 e. The molecule has 5 aromatic rings. The number of fused-ring (bicyclic) bond motifs is 1. The minimum atomic E-state index is -4.64. The summed E-state index contributed by atoms with van der Waals surface area (Å²) in [6, 6.07) is 10.5. The van der Waals surface area contributed by atoms with Gasteiger partial charge in [-0.2, -0.15) is 8.78 Å². The lowest BCUT2D eigenvalue weighted by molar-refractivity contribution is -0.189. The van der Waals surface area contributed by atoms with Crippen LogP contribution in [-0.4, -0.2) is 6.29 Å². The third-order valence-electron chi connectivity index (χ3n) is 6.08. The monoisotopic (exact) mass is 594 g/mol. The van der Waals surface area contributed by atoms with Gasteiger partial charge in [-0.15, -0.1) is 22.7 Å². The largest absolute Gasteiger partial charge is 0.432 e. The van der Waals surface area contributed by atoms with Crippen LogP contribution in [0.4, 0.5) is 30.7 Å². The average molecular weight is 595 g/mol. The predicted octanol–water partition coefficient (Wildman–Crippen LogP) is 9.89. The molecule has 0 saturated heterocycles. The number of rotatable bonds is 8. The van der Waals surface area contributed by atoms with E-state index in [9.17, 15) is 35.5 Å². The lowest BCUT2D eigenvalue weighted by Gasteiger charge is -2.20. The minimum Gasteiger partial charge on any atom is -0.429 e. The molecule has 0 saturated carbocycles. The molecule has 11 heteroatoms. The molecule has 5 rings (SSSR count). The molecule has 0 fully saturated rings. The SMILES string of the molecule is CCCc1ccc(-c2cc3sc(-c4cc(F)c(C(F)(F)Oc5cc(F)c(C=O)c(F)c5)c(F)c4)cc3s2)c(F)c1. The van der Waals surface area contributed by atoms with Gasteiger partial charge in [-0.25, -0.2) is 22.0 Å². The molecule has 0 bridgehead atoms. The van der Waals surface area contributed by atoms with E-state index in [0.717, 1.165) is 29.7 Å². The topological polar surface area (TPSA) is 26.3 Å². The molecule has 3 aromatic carbocycles. The maximum Gasteiger partial charge on any atom is 0.432 e. The molecule has 0 aliphatic rings. The number of halogens is 7. The Labute approximate surface area is 231 Å². The van der Waals surface area contributed by atoms with Crippen molar-refractivity contribution in [2.75, 3.05) is 0 Å². The van der Waals surface area contributed by atoms with Crippen LogP contribution in [-0.2, 0) is 12.5 Å². The zero-order valence-corrected chi connectivity index (χ0v) is 22.1. The fourth-order valence-electron chi connectivity index (χ4n) is 4.24. The van der Waals surface area contributed by atoms with Gasteiger partial charge in [0, 0.05) is 36.9 Å². The van der Waals surface area contributed by atoms with Crippen LogP contribution < -0.4 is 4.74 Å². The maximum absolute atomic E-state index is 14.8. The van der Waals surface area contributed by atoms with Crippen molar-refractivity contribution in [1.82, 2.24) is 0 Å². The Hall–Kier alpha value is -3.70. The fraction of sp³-hybridized carbons (Fsp3) is 0.138. The Morgan fingerprint density at radius 1 is 0.775 bits per heavy atom. The van der Waals surface area contributed by atoms with Gasteiger partial charge in [0.05, 0.1) is 5.56 Å². The maximum atomic E-state index is 14.8. The molecule has 0 amide bonds. The Morgan fingerprint density at radius 3 is 1.95 bits per heavy atom. The lowest BCUT2D eigenvalue weighted by atomic mass is 10.1. The van der Waals surface area contributed by atoms with Gasteiger partial charge in [0.2, 0.25) is 0 Å². The number of ether oxygens (including phenoxy) is 1. The number of thiophene rings is 2. The van der Waals surface area contributed by atoms with Gasteiger partial charge in [-0.3, -0.25) is 4.79 Å². The first kappa shape index (κ1) is 27.9.